The first-order valence-corrected chi connectivity index (χ1v) is 10.2. The zero-order chi connectivity index (χ0) is 21.5. The van der Waals surface area contributed by atoms with Gasteiger partial charge < -0.3 is 10.1 Å². The highest BCUT2D eigenvalue weighted by Crippen LogP contribution is 2.15. The molecule has 0 atom stereocenters. The van der Waals surface area contributed by atoms with Crippen molar-refractivity contribution in [1.82, 2.24) is 20.1 Å². The number of hydrogen-bond acceptors (Lipinski definition) is 4. The Labute approximate surface area is 181 Å². The summed E-state index contributed by atoms with van der Waals surface area (Å²) < 4.78 is 7.59. The summed E-state index contributed by atoms with van der Waals surface area (Å²) in [4.78, 5) is 16.9. The average Bonchev–Trinajstić information content (AvgIpc) is 3.18. The Balaban J connectivity index is 1.30. The van der Waals surface area contributed by atoms with Gasteiger partial charge in [-0.3, -0.25) is 14.5 Å². The summed E-state index contributed by atoms with van der Waals surface area (Å²) >= 11 is 0. The van der Waals surface area contributed by atoms with Crippen molar-refractivity contribution in [3.05, 3.63) is 113 Å². The molecule has 6 nitrogen and oxygen atoms in total. The Hall–Kier alpha value is -3.93. The minimum atomic E-state index is -0.132. The summed E-state index contributed by atoms with van der Waals surface area (Å²) in [5.41, 5.74) is 4.45. The van der Waals surface area contributed by atoms with Crippen LogP contribution in [0.4, 0.5) is 0 Å². The molecule has 31 heavy (non-hydrogen) atoms. The molecule has 156 valence electrons. The minimum Gasteiger partial charge on any atom is -0.487 e. The van der Waals surface area contributed by atoms with Crippen LogP contribution in [0.25, 0.3) is 0 Å². The van der Waals surface area contributed by atoms with Crippen molar-refractivity contribution >= 4 is 5.91 Å². The number of carbonyl (C=O) groups is 1. The molecular weight excluding hydrogens is 388 g/mol. The fraction of sp³-hybridized carbons (Fsp3) is 0.160. The van der Waals surface area contributed by atoms with E-state index in [1.165, 1.54) is 0 Å². The van der Waals surface area contributed by atoms with Crippen LogP contribution in [0.2, 0.25) is 0 Å². The molecule has 2 aromatic heterocycles. The predicted molar refractivity (Wildman–Crippen MR) is 119 cm³/mol. The van der Waals surface area contributed by atoms with E-state index in [0.717, 1.165) is 28.3 Å². The van der Waals surface area contributed by atoms with Gasteiger partial charge in [0.2, 0.25) is 0 Å². The number of nitrogens with one attached hydrogen (secondary N) is 1. The summed E-state index contributed by atoms with van der Waals surface area (Å²) in [6, 6.07) is 23.5. The summed E-state index contributed by atoms with van der Waals surface area (Å²) in [5, 5.41) is 7.35. The van der Waals surface area contributed by atoms with Gasteiger partial charge in [-0.1, -0.05) is 48.5 Å². The van der Waals surface area contributed by atoms with Gasteiger partial charge in [0.1, 0.15) is 12.4 Å². The maximum Gasteiger partial charge on any atom is 0.255 e. The van der Waals surface area contributed by atoms with E-state index in [2.05, 4.69) is 15.4 Å². The van der Waals surface area contributed by atoms with Crippen molar-refractivity contribution in [3.63, 3.8) is 0 Å². The van der Waals surface area contributed by atoms with Gasteiger partial charge in [-0.2, -0.15) is 5.10 Å². The first-order valence-electron chi connectivity index (χ1n) is 10.2. The van der Waals surface area contributed by atoms with Crippen LogP contribution >= 0.6 is 0 Å². The van der Waals surface area contributed by atoms with E-state index in [1.807, 2.05) is 84.4 Å². The lowest BCUT2D eigenvalue weighted by molar-refractivity contribution is 0.0950. The van der Waals surface area contributed by atoms with Crippen molar-refractivity contribution in [3.8, 4) is 5.75 Å². The zero-order valence-electron chi connectivity index (χ0n) is 17.4. The molecule has 1 N–H and O–H groups in total. The van der Waals surface area contributed by atoms with E-state index in [4.69, 9.17) is 4.74 Å². The normalized spacial score (nSPS) is 10.6. The third kappa shape index (κ3) is 5.36. The van der Waals surface area contributed by atoms with Gasteiger partial charge in [-0.25, -0.2) is 0 Å². The molecule has 1 amide bonds. The second-order valence-corrected chi connectivity index (χ2v) is 7.22. The number of rotatable bonds is 8. The van der Waals surface area contributed by atoms with Crippen LogP contribution in [-0.2, 0) is 19.7 Å². The van der Waals surface area contributed by atoms with Crippen LogP contribution in [-0.4, -0.2) is 20.7 Å². The number of aromatic nitrogens is 3. The summed E-state index contributed by atoms with van der Waals surface area (Å²) in [5.74, 6) is 0.631. The minimum absolute atomic E-state index is 0.132. The Kier molecular flexibility index (Phi) is 6.38. The third-order valence-corrected chi connectivity index (χ3v) is 5.01. The number of ether oxygens (including phenoxy) is 1. The Morgan fingerprint density at radius 3 is 2.48 bits per heavy atom. The largest absolute Gasteiger partial charge is 0.487 e. The first-order chi connectivity index (χ1) is 15.2. The topological polar surface area (TPSA) is 69.0 Å². The molecule has 0 radical (unpaired) electrons. The number of pyridine rings is 1. The first kappa shape index (κ1) is 20.3. The molecule has 0 fully saturated rings. The average molecular weight is 412 g/mol. The number of amides is 1. The van der Waals surface area contributed by atoms with Crippen LogP contribution in [0, 0.1) is 6.92 Å². The molecule has 4 rings (SSSR count). The predicted octanol–water partition coefficient (Wildman–Crippen LogP) is 4.14. The Morgan fingerprint density at radius 1 is 0.968 bits per heavy atom. The second kappa shape index (κ2) is 9.71. The summed E-state index contributed by atoms with van der Waals surface area (Å²) in [7, 11) is 0. The fourth-order valence-electron chi connectivity index (χ4n) is 3.21. The molecule has 4 aromatic rings. The summed E-state index contributed by atoms with van der Waals surface area (Å²) in [6.07, 6.45) is 3.37. The fourth-order valence-corrected chi connectivity index (χ4v) is 3.21. The molecule has 0 bridgehead atoms. The van der Waals surface area contributed by atoms with E-state index in [9.17, 15) is 4.79 Å². The highest BCUT2D eigenvalue weighted by molar-refractivity contribution is 5.95. The standard InChI is InChI=1S/C25H24N4O2/c1-19-24(16-28-29(19)17-21-7-3-2-4-8-21)25(30)27-15-20-10-12-23(13-11-20)31-18-22-9-5-6-14-26-22/h2-14,16H,15,17-18H2,1H3,(H,27,30). The Bertz CT molecular complexity index is 1120. The molecular formula is C25H24N4O2. The zero-order valence-corrected chi connectivity index (χ0v) is 17.4. The maximum atomic E-state index is 12.6. The van der Waals surface area contributed by atoms with Gasteiger partial charge in [-0.05, 0) is 42.3 Å². The lowest BCUT2D eigenvalue weighted by Gasteiger charge is -2.09. The molecule has 6 heteroatoms. The molecule has 2 heterocycles. The lowest BCUT2D eigenvalue weighted by atomic mass is 10.2. The molecule has 0 saturated carbocycles. The van der Waals surface area contributed by atoms with Gasteiger partial charge in [0.25, 0.3) is 5.91 Å². The second-order valence-electron chi connectivity index (χ2n) is 7.22. The smallest absolute Gasteiger partial charge is 0.255 e. The van der Waals surface area contributed by atoms with E-state index >= 15 is 0 Å². The number of benzene rings is 2. The van der Waals surface area contributed by atoms with Crippen LogP contribution in [0.5, 0.6) is 5.75 Å². The van der Waals surface area contributed by atoms with Crippen molar-refractivity contribution in [2.45, 2.75) is 26.6 Å². The molecule has 2 aromatic carbocycles. The van der Waals surface area contributed by atoms with Crippen molar-refractivity contribution in [2.75, 3.05) is 0 Å². The highest BCUT2D eigenvalue weighted by Gasteiger charge is 2.14. The van der Waals surface area contributed by atoms with Crippen LogP contribution < -0.4 is 10.1 Å². The van der Waals surface area contributed by atoms with E-state index in [0.29, 0.717) is 25.3 Å². The quantitative estimate of drug-likeness (QED) is 0.472. The summed E-state index contributed by atoms with van der Waals surface area (Å²) in [6.45, 7) is 3.41. The van der Waals surface area contributed by atoms with Crippen molar-refractivity contribution in [2.24, 2.45) is 0 Å². The number of nitrogens with zero attached hydrogens (tertiary/aromatic N) is 3. The van der Waals surface area contributed by atoms with Gasteiger partial charge in [0.05, 0.1) is 24.0 Å². The number of carbonyl (C=O) groups excluding carboxylic acids is 1. The van der Waals surface area contributed by atoms with Gasteiger partial charge in [0, 0.05) is 18.4 Å². The monoisotopic (exact) mass is 412 g/mol. The van der Waals surface area contributed by atoms with Crippen molar-refractivity contribution in [1.29, 1.82) is 0 Å². The third-order valence-electron chi connectivity index (χ3n) is 5.01. The van der Waals surface area contributed by atoms with Crippen LogP contribution in [0.3, 0.4) is 0 Å². The molecule has 0 aliphatic carbocycles. The van der Waals surface area contributed by atoms with Crippen molar-refractivity contribution < 1.29 is 9.53 Å². The van der Waals surface area contributed by atoms with Crippen LogP contribution in [0.15, 0.2) is 85.2 Å². The molecule has 0 saturated heterocycles. The SMILES string of the molecule is Cc1c(C(=O)NCc2ccc(OCc3ccccn3)cc2)cnn1Cc1ccccc1. The molecule has 0 unspecified atom stereocenters. The van der Waals surface area contributed by atoms with Crippen LogP contribution in [0.1, 0.15) is 32.9 Å². The van der Waals surface area contributed by atoms with Gasteiger partial charge >= 0.3 is 0 Å². The number of hydrogen-bond donors (Lipinski definition) is 1. The molecule has 0 aliphatic heterocycles. The Morgan fingerprint density at radius 2 is 1.74 bits per heavy atom. The highest BCUT2D eigenvalue weighted by atomic mass is 16.5. The lowest BCUT2D eigenvalue weighted by Crippen LogP contribution is -2.23. The van der Waals surface area contributed by atoms with E-state index in [-0.39, 0.29) is 5.91 Å². The molecule has 0 aliphatic rings. The van der Waals surface area contributed by atoms with Gasteiger partial charge in [0.15, 0.2) is 0 Å². The van der Waals surface area contributed by atoms with E-state index < -0.39 is 0 Å². The maximum absolute atomic E-state index is 12.6. The molecule has 0 spiro atoms. The van der Waals surface area contributed by atoms with Gasteiger partial charge in [-0.15, -0.1) is 0 Å². The van der Waals surface area contributed by atoms with E-state index in [1.54, 1.807) is 12.4 Å².